The molecule has 0 unspecified atom stereocenters. The lowest BCUT2D eigenvalue weighted by atomic mass is 10.0. The van der Waals surface area contributed by atoms with Crippen LogP contribution in [0.1, 0.15) is 56.0 Å². The van der Waals surface area contributed by atoms with E-state index in [1.165, 1.54) is 0 Å². The molecule has 7 nitrogen and oxygen atoms in total. The third kappa shape index (κ3) is 5.81. The van der Waals surface area contributed by atoms with Crippen LogP contribution in [-0.4, -0.2) is 46.5 Å². The minimum absolute atomic E-state index is 0.0370. The Hall–Kier alpha value is -2.58. The summed E-state index contributed by atoms with van der Waals surface area (Å²) in [5, 5.41) is 6.25. The van der Waals surface area contributed by atoms with E-state index >= 15 is 0 Å². The Kier molecular flexibility index (Phi) is 7.79. The van der Waals surface area contributed by atoms with E-state index in [1.807, 2.05) is 32.0 Å². The van der Waals surface area contributed by atoms with Crippen molar-refractivity contribution in [1.29, 1.82) is 0 Å². The van der Waals surface area contributed by atoms with Gasteiger partial charge in [0, 0.05) is 37.8 Å². The number of rotatable bonds is 8. The Labute approximate surface area is 191 Å². The summed E-state index contributed by atoms with van der Waals surface area (Å²) in [7, 11) is -3.81. The van der Waals surface area contributed by atoms with Crippen LogP contribution in [-0.2, 0) is 10.0 Å². The van der Waals surface area contributed by atoms with Crippen molar-refractivity contribution < 1.29 is 13.2 Å². The number of nitrogens with one attached hydrogen (secondary N) is 3. The monoisotopic (exact) mass is 458 g/mol. The highest BCUT2D eigenvalue weighted by molar-refractivity contribution is 7.92. The number of carbonyl (C=O) groups excluding carboxylic acids is 1. The molecule has 0 saturated carbocycles. The fourth-order valence-corrected chi connectivity index (χ4v) is 4.65. The van der Waals surface area contributed by atoms with Crippen molar-refractivity contribution in [1.82, 2.24) is 10.6 Å². The van der Waals surface area contributed by atoms with Crippen LogP contribution >= 0.6 is 0 Å². The number of sulfonamides is 1. The molecule has 3 N–H and O–H groups in total. The number of anilines is 2. The minimum atomic E-state index is -3.81. The maximum absolute atomic E-state index is 13.2. The number of benzene rings is 2. The molecule has 3 rings (SSSR count). The van der Waals surface area contributed by atoms with E-state index in [4.69, 9.17) is 0 Å². The van der Waals surface area contributed by atoms with Crippen LogP contribution in [0.5, 0.6) is 0 Å². The quantitative estimate of drug-likeness (QED) is 0.563. The van der Waals surface area contributed by atoms with E-state index in [1.54, 1.807) is 24.3 Å². The molecule has 174 valence electrons. The average molecular weight is 459 g/mol. The molecule has 1 aliphatic heterocycles. The zero-order chi connectivity index (χ0) is 23.3. The molecule has 1 aliphatic rings. The molecule has 32 heavy (non-hydrogen) atoms. The SMILES string of the molecule is CC[C@@H](C)NC(=O)c1ccc(N2CCNCC2)c(NS(=O)(=O)c2ccc(C(C)C)cc2)c1. The van der Waals surface area contributed by atoms with Gasteiger partial charge in [0.15, 0.2) is 0 Å². The summed E-state index contributed by atoms with van der Waals surface area (Å²) in [5.74, 6) is 0.104. The molecular weight excluding hydrogens is 424 g/mol. The van der Waals surface area contributed by atoms with Crippen molar-refractivity contribution in [2.24, 2.45) is 0 Å². The van der Waals surface area contributed by atoms with Crippen LogP contribution in [0.25, 0.3) is 0 Å². The predicted octanol–water partition coefficient (Wildman–Crippen LogP) is 3.55. The predicted molar refractivity (Wildman–Crippen MR) is 130 cm³/mol. The Morgan fingerprint density at radius 3 is 2.31 bits per heavy atom. The molecule has 1 amide bonds. The first-order valence-electron chi connectivity index (χ1n) is 11.2. The number of hydrogen-bond donors (Lipinski definition) is 3. The summed E-state index contributed by atoms with van der Waals surface area (Å²) >= 11 is 0. The van der Waals surface area contributed by atoms with Gasteiger partial charge in [0.2, 0.25) is 0 Å². The first-order valence-corrected chi connectivity index (χ1v) is 12.7. The van der Waals surface area contributed by atoms with E-state index in [0.717, 1.165) is 43.9 Å². The summed E-state index contributed by atoms with van der Waals surface area (Å²) < 4.78 is 29.1. The van der Waals surface area contributed by atoms with Gasteiger partial charge in [0.1, 0.15) is 0 Å². The van der Waals surface area contributed by atoms with Crippen molar-refractivity contribution >= 4 is 27.3 Å². The first kappa shape index (κ1) is 24.1. The average Bonchev–Trinajstić information content (AvgIpc) is 2.79. The van der Waals surface area contributed by atoms with E-state index < -0.39 is 10.0 Å². The van der Waals surface area contributed by atoms with Gasteiger partial charge in [0.25, 0.3) is 15.9 Å². The van der Waals surface area contributed by atoms with E-state index in [2.05, 4.69) is 34.1 Å². The molecule has 8 heteroatoms. The van der Waals surface area contributed by atoms with Crippen molar-refractivity contribution in [2.45, 2.75) is 51.0 Å². The highest BCUT2D eigenvalue weighted by Gasteiger charge is 2.22. The molecule has 1 saturated heterocycles. The van der Waals surface area contributed by atoms with Crippen LogP contribution in [0.3, 0.4) is 0 Å². The van der Waals surface area contributed by atoms with E-state index in [0.29, 0.717) is 17.2 Å². The van der Waals surface area contributed by atoms with E-state index in [-0.39, 0.29) is 16.8 Å². The lowest BCUT2D eigenvalue weighted by Crippen LogP contribution is -2.43. The fourth-order valence-electron chi connectivity index (χ4n) is 3.59. The molecule has 0 aliphatic carbocycles. The second-order valence-electron chi connectivity index (χ2n) is 8.58. The Morgan fingerprint density at radius 2 is 1.72 bits per heavy atom. The van der Waals surface area contributed by atoms with Gasteiger partial charge in [-0.2, -0.15) is 0 Å². The Morgan fingerprint density at radius 1 is 1.06 bits per heavy atom. The zero-order valence-corrected chi connectivity index (χ0v) is 20.1. The smallest absolute Gasteiger partial charge is 0.261 e. The summed E-state index contributed by atoms with van der Waals surface area (Å²) in [5.41, 5.74) is 2.69. The lowest BCUT2D eigenvalue weighted by Gasteiger charge is -2.31. The number of nitrogens with zero attached hydrogens (tertiary/aromatic N) is 1. The summed E-state index contributed by atoms with van der Waals surface area (Å²) in [4.78, 5) is 15.0. The molecule has 0 bridgehead atoms. The molecular formula is C24H34N4O3S. The molecule has 0 aromatic heterocycles. The van der Waals surface area contributed by atoms with Gasteiger partial charge in [-0.15, -0.1) is 0 Å². The van der Waals surface area contributed by atoms with Crippen LogP contribution < -0.4 is 20.3 Å². The number of amides is 1. The number of piperazine rings is 1. The van der Waals surface area contributed by atoms with E-state index in [9.17, 15) is 13.2 Å². The van der Waals surface area contributed by atoms with Crippen LogP contribution in [0, 0.1) is 0 Å². The van der Waals surface area contributed by atoms with Crippen LogP contribution in [0.2, 0.25) is 0 Å². The van der Waals surface area contributed by atoms with Gasteiger partial charge in [0.05, 0.1) is 16.3 Å². The first-order chi connectivity index (χ1) is 15.2. The maximum Gasteiger partial charge on any atom is 0.261 e. The second-order valence-corrected chi connectivity index (χ2v) is 10.3. The molecule has 2 aromatic rings. The number of carbonyl (C=O) groups is 1. The topological polar surface area (TPSA) is 90.5 Å². The fraction of sp³-hybridized carbons (Fsp3) is 0.458. The van der Waals surface area contributed by atoms with Gasteiger partial charge >= 0.3 is 0 Å². The molecule has 0 radical (unpaired) electrons. The highest BCUT2D eigenvalue weighted by atomic mass is 32.2. The highest BCUT2D eigenvalue weighted by Crippen LogP contribution is 2.30. The standard InChI is InChI=1S/C24H34N4O3S/c1-5-18(4)26-24(29)20-8-11-23(28-14-12-25-13-15-28)22(16-20)27-32(30,31)21-9-6-19(7-10-21)17(2)3/h6-11,16-18,25,27H,5,12-15H2,1-4H3,(H,26,29)/t18-/m1/s1. The zero-order valence-electron chi connectivity index (χ0n) is 19.3. The Bertz CT molecular complexity index is 1030. The van der Waals surface area contributed by atoms with Gasteiger partial charge < -0.3 is 15.5 Å². The van der Waals surface area contributed by atoms with Gasteiger partial charge in [-0.25, -0.2) is 8.42 Å². The summed E-state index contributed by atoms with van der Waals surface area (Å²) in [6.07, 6.45) is 0.816. The molecule has 0 spiro atoms. The van der Waals surface area contributed by atoms with Gasteiger partial charge in [-0.1, -0.05) is 32.9 Å². The molecule has 1 heterocycles. The van der Waals surface area contributed by atoms with Crippen molar-refractivity contribution in [3.8, 4) is 0 Å². The third-order valence-electron chi connectivity index (χ3n) is 5.81. The summed E-state index contributed by atoms with van der Waals surface area (Å²) in [6, 6.07) is 12.2. The maximum atomic E-state index is 13.2. The molecule has 2 aromatic carbocycles. The lowest BCUT2D eigenvalue weighted by molar-refractivity contribution is 0.0939. The van der Waals surface area contributed by atoms with Crippen LogP contribution in [0.4, 0.5) is 11.4 Å². The number of hydrogen-bond acceptors (Lipinski definition) is 5. The van der Waals surface area contributed by atoms with Gasteiger partial charge in [-0.05, 0) is 55.2 Å². The van der Waals surface area contributed by atoms with Crippen LogP contribution in [0.15, 0.2) is 47.4 Å². The normalized spacial score (nSPS) is 15.5. The second kappa shape index (κ2) is 10.4. The summed E-state index contributed by atoms with van der Waals surface area (Å²) in [6.45, 7) is 11.2. The third-order valence-corrected chi connectivity index (χ3v) is 7.19. The Balaban J connectivity index is 1.95. The van der Waals surface area contributed by atoms with Gasteiger partial charge in [-0.3, -0.25) is 9.52 Å². The van der Waals surface area contributed by atoms with Crippen molar-refractivity contribution in [3.05, 3.63) is 53.6 Å². The molecule has 1 atom stereocenters. The van der Waals surface area contributed by atoms with Crippen molar-refractivity contribution in [3.63, 3.8) is 0 Å². The largest absolute Gasteiger partial charge is 0.367 e. The van der Waals surface area contributed by atoms with Crippen molar-refractivity contribution in [2.75, 3.05) is 35.8 Å². The molecule has 1 fully saturated rings. The minimum Gasteiger partial charge on any atom is -0.367 e.